The standard InChI is InChI=1S/C14H19BN2O3/c1-13(2)14(3,4)20-15(19-13)12-10(6-7-16)8-11(18-5)9-17-12/h8-9H,6H2,1-5H3. The molecule has 1 aliphatic heterocycles. The van der Waals surface area contributed by atoms with Gasteiger partial charge in [0.15, 0.2) is 0 Å². The smallest absolute Gasteiger partial charge is 0.495 e. The highest BCUT2D eigenvalue weighted by atomic mass is 16.7. The molecule has 1 saturated heterocycles. The van der Waals surface area contributed by atoms with Gasteiger partial charge in [-0.3, -0.25) is 4.98 Å². The van der Waals surface area contributed by atoms with Gasteiger partial charge < -0.3 is 14.0 Å². The van der Waals surface area contributed by atoms with Gasteiger partial charge in [-0.1, -0.05) is 0 Å². The zero-order chi connectivity index (χ0) is 15.0. The molecular formula is C14H19BN2O3. The highest BCUT2D eigenvalue weighted by Crippen LogP contribution is 2.36. The van der Waals surface area contributed by atoms with E-state index in [-0.39, 0.29) is 6.42 Å². The highest BCUT2D eigenvalue weighted by Gasteiger charge is 2.52. The molecule has 0 unspecified atom stereocenters. The van der Waals surface area contributed by atoms with Gasteiger partial charge in [-0.05, 0) is 39.3 Å². The molecule has 6 heteroatoms. The topological polar surface area (TPSA) is 64.4 Å². The summed E-state index contributed by atoms with van der Waals surface area (Å²) in [5.74, 6) is 0.621. The molecule has 0 saturated carbocycles. The van der Waals surface area contributed by atoms with Crippen LogP contribution in [0.3, 0.4) is 0 Å². The first-order valence-corrected chi connectivity index (χ1v) is 6.56. The third-order valence-electron chi connectivity index (χ3n) is 3.96. The Labute approximate surface area is 120 Å². The summed E-state index contributed by atoms with van der Waals surface area (Å²) in [6, 6.07) is 3.94. The van der Waals surface area contributed by atoms with E-state index in [0.717, 1.165) is 5.56 Å². The molecular weight excluding hydrogens is 255 g/mol. The van der Waals surface area contributed by atoms with E-state index in [1.54, 1.807) is 19.4 Å². The van der Waals surface area contributed by atoms with E-state index in [1.807, 2.05) is 27.7 Å². The van der Waals surface area contributed by atoms with Gasteiger partial charge in [0.2, 0.25) is 0 Å². The summed E-state index contributed by atoms with van der Waals surface area (Å²) >= 11 is 0. The van der Waals surface area contributed by atoms with Crippen LogP contribution in [0.15, 0.2) is 12.3 Å². The lowest BCUT2D eigenvalue weighted by Gasteiger charge is -2.32. The maximum absolute atomic E-state index is 8.96. The fourth-order valence-corrected chi connectivity index (χ4v) is 2.00. The van der Waals surface area contributed by atoms with Gasteiger partial charge in [-0.15, -0.1) is 0 Å². The lowest BCUT2D eigenvalue weighted by Crippen LogP contribution is -2.41. The van der Waals surface area contributed by atoms with Crippen molar-refractivity contribution in [1.29, 1.82) is 5.26 Å². The average molecular weight is 274 g/mol. The summed E-state index contributed by atoms with van der Waals surface area (Å²) in [7, 11) is 1.01. The summed E-state index contributed by atoms with van der Waals surface area (Å²) in [4.78, 5) is 4.36. The fraction of sp³-hybridized carbons (Fsp3) is 0.571. The summed E-state index contributed by atoms with van der Waals surface area (Å²) in [5.41, 5.74) is 0.559. The molecule has 106 valence electrons. The molecule has 0 N–H and O–H groups in total. The molecule has 0 aromatic carbocycles. The van der Waals surface area contributed by atoms with Crippen LogP contribution >= 0.6 is 0 Å². The van der Waals surface area contributed by atoms with Crippen molar-refractivity contribution < 1.29 is 14.0 Å². The van der Waals surface area contributed by atoms with E-state index in [4.69, 9.17) is 19.3 Å². The van der Waals surface area contributed by atoms with Crippen molar-refractivity contribution in [2.75, 3.05) is 7.11 Å². The Morgan fingerprint density at radius 1 is 1.30 bits per heavy atom. The molecule has 1 aromatic rings. The lowest BCUT2D eigenvalue weighted by molar-refractivity contribution is 0.00578. The second-order valence-electron chi connectivity index (χ2n) is 5.84. The Bertz CT molecular complexity index is 536. The largest absolute Gasteiger partial charge is 0.514 e. The number of methoxy groups -OCH3 is 1. The summed E-state index contributed by atoms with van der Waals surface area (Å²) in [6.07, 6.45) is 1.85. The van der Waals surface area contributed by atoms with Gasteiger partial charge in [0.05, 0.1) is 42.6 Å². The van der Waals surface area contributed by atoms with Crippen LogP contribution in [0.5, 0.6) is 5.75 Å². The Morgan fingerprint density at radius 2 is 1.90 bits per heavy atom. The SMILES string of the molecule is COc1cnc(B2OC(C)(C)C(C)(C)O2)c(CC#N)c1. The number of ether oxygens (including phenoxy) is 1. The zero-order valence-electron chi connectivity index (χ0n) is 12.6. The first kappa shape index (κ1) is 14.8. The predicted octanol–water partition coefficient (Wildman–Crippen LogP) is 1.46. The molecule has 1 aromatic heterocycles. The molecule has 0 amide bonds. The van der Waals surface area contributed by atoms with E-state index in [1.165, 1.54) is 0 Å². The van der Waals surface area contributed by atoms with Crippen LogP contribution in [-0.4, -0.2) is 30.4 Å². The molecule has 0 spiro atoms. The Hall–Kier alpha value is -1.58. The van der Waals surface area contributed by atoms with E-state index in [2.05, 4.69) is 11.1 Å². The molecule has 0 radical (unpaired) electrons. The average Bonchev–Trinajstić information content (AvgIpc) is 2.58. The van der Waals surface area contributed by atoms with Crippen molar-refractivity contribution in [2.45, 2.75) is 45.3 Å². The first-order valence-electron chi connectivity index (χ1n) is 6.56. The molecule has 5 nitrogen and oxygen atoms in total. The third-order valence-corrected chi connectivity index (χ3v) is 3.96. The maximum atomic E-state index is 8.96. The predicted molar refractivity (Wildman–Crippen MR) is 75.8 cm³/mol. The van der Waals surface area contributed by atoms with Crippen LogP contribution in [0.2, 0.25) is 0 Å². The number of nitrogens with zero attached hydrogens (tertiary/aromatic N) is 2. The van der Waals surface area contributed by atoms with Crippen molar-refractivity contribution in [3.05, 3.63) is 17.8 Å². The summed E-state index contributed by atoms with van der Waals surface area (Å²) < 4.78 is 17.1. The Balaban J connectivity index is 2.37. The summed E-state index contributed by atoms with van der Waals surface area (Å²) in [5, 5.41) is 8.96. The van der Waals surface area contributed by atoms with Crippen LogP contribution in [0.1, 0.15) is 33.3 Å². The minimum atomic E-state index is -0.561. The van der Waals surface area contributed by atoms with Crippen molar-refractivity contribution >= 4 is 12.7 Å². The van der Waals surface area contributed by atoms with Crippen molar-refractivity contribution in [3.8, 4) is 11.8 Å². The fourth-order valence-electron chi connectivity index (χ4n) is 2.00. The molecule has 1 aliphatic rings. The second kappa shape index (κ2) is 5.08. The quantitative estimate of drug-likeness (QED) is 0.781. The maximum Gasteiger partial charge on any atom is 0.514 e. The van der Waals surface area contributed by atoms with Crippen LogP contribution in [0.4, 0.5) is 0 Å². The van der Waals surface area contributed by atoms with Crippen LogP contribution in [0, 0.1) is 11.3 Å². The number of pyridine rings is 1. The van der Waals surface area contributed by atoms with Crippen molar-refractivity contribution in [1.82, 2.24) is 4.98 Å². The lowest BCUT2D eigenvalue weighted by atomic mass is 9.80. The van der Waals surface area contributed by atoms with E-state index in [0.29, 0.717) is 11.3 Å². The van der Waals surface area contributed by atoms with Gasteiger partial charge in [0.1, 0.15) is 5.75 Å². The normalized spacial score (nSPS) is 19.7. The van der Waals surface area contributed by atoms with Crippen molar-refractivity contribution in [3.63, 3.8) is 0 Å². The van der Waals surface area contributed by atoms with Gasteiger partial charge in [-0.2, -0.15) is 5.26 Å². The van der Waals surface area contributed by atoms with E-state index in [9.17, 15) is 0 Å². The van der Waals surface area contributed by atoms with Gasteiger partial charge in [0.25, 0.3) is 0 Å². The molecule has 0 bridgehead atoms. The van der Waals surface area contributed by atoms with Gasteiger partial charge in [0, 0.05) is 0 Å². The first-order chi connectivity index (χ1) is 9.30. The third kappa shape index (κ3) is 2.51. The molecule has 2 heterocycles. The second-order valence-corrected chi connectivity index (χ2v) is 5.84. The molecule has 2 rings (SSSR count). The molecule has 0 aliphatic carbocycles. The highest BCUT2D eigenvalue weighted by molar-refractivity contribution is 6.61. The molecule has 0 atom stereocenters. The van der Waals surface area contributed by atoms with Crippen LogP contribution in [-0.2, 0) is 15.7 Å². The zero-order valence-corrected chi connectivity index (χ0v) is 12.6. The number of hydrogen-bond donors (Lipinski definition) is 0. The van der Waals surface area contributed by atoms with E-state index < -0.39 is 18.3 Å². The van der Waals surface area contributed by atoms with Crippen LogP contribution < -0.4 is 10.3 Å². The van der Waals surface area contributed by atoms with E-state index >= 15 is 0 Å². The molecule has 20 heavy (non-hydrogen) atoms. The Morgan fingerprint density at radius 3 is 2.40 bits per heavy atom. The Kier molecular flexibility index (Phi) is 3.76. The number of rotatable bonds is 3. The van der Waals surface area contributed by atoms with Gasteiger partial charge in [-0.25, -0.2) is 0 Å². The summed E-state index contributed by atoms with van der Waals surface area (Å²) in [6.45, 7) is 7.95. The van der Waals surface area contributed by atoms with Crippen LogP contribution in [0.25, 0.3) is 0 Å². The number of aromatic nitrogens is 1. The number of nitriles is 1. The van der Waals surface area contributed by atoms with Crippen molar-refractivity contribution in [2.24, 2.45) is 0 Å². The van der Waals surface area contributed by atoms with Gasteiger partial charge >= 0.3 is 7.12 Å². The number of hydrogen-bond acceptors (Lipinski definition) is 5. The minimum Gasteiger partial charge on any atom is -0.495 e. The minimum absolute atomic E-state index is 0.240. The monoisotopic (exact) mass is 274 g/mol. The molecule has 1 fully saturated rings.